The van der Waals surface area contributed by atoms with Gasteiger partial charge in [-0.25, -0.2) is 13.6 Å². The predicted octanol–water partition coefficient (Wildman–Crippen LogP) is 3.84. The molecule has 3 unspecified atom stereocenters. The average Bonchev–Trinajstić information content (AvgIpc) is 3.22. The maximum atomic E-state index is 13.5. The number of ether oxygens (including phenoxy) is 1. The number of benzene rings is 3. The lowest BCUT2D eigenvalue weighted by Gasteiger charge is -2.38. The molecule has 3 aromatic carbocycles. The number of aromatic nitrogens is 1. The standard InChI is InChI=1S/C26H24F2N2O4/c27-18-8-4-15(5-9-18)24(16-6-10-19(28)11-7-16)23-12-22(31)21(14-33-23)29-13-17-2-1-3-20-25(17)34-26(32)30-20/h1-11,21-24,29,31H,12-14H2,(H,30,32). The monoisotopic (exact) mass is 466 g/mol. The Bertz CT molecular complexity index is 1270. The van der Waals surface area contributed by atoms with Crippen LogP contribution in [0.4, 0.5) is 8.78 Å². The highest BCUT2D eigenvalue weighted by Gasteiger charge is 2.35. The van der Waals surface area contributed by atoms with E-state index >= 15 is 0 Å². The third kappa shape index (κ3) is 4.65. The zero-order valence-corrected chi connectivity index (χ0v) is 18.2. The summed E-state index contributed by atoms with van der Waals surface area (Å²) < 4.78 is 38.5. The Morgan fingerprint density at radius 3 is 2.26 bits per heavy atom. The van der Waals surface area contributed by atoms with E-state index in [1.807, 2.05) is 12.1 Å². The number of aliphatic hydroxyl groups is 1. The minimum Gasteiger partial charge on any atom is -0.408 e. The van der Waals surface area contributed by atoms with Crippen LogP contribution in [0.2, 0.25) is 0 Å². The van der Waals surface area contributed by atoms with Crippen LogP contribution in [-0.4, -0.2) is 34.9 Å². The van der Waals surface area contributed by atoms with Crippen LogP contribution in [0.15, 0.2) is 75.9 Å². The van der Waals surface area contributed by atoms with Gasteiger partial charge in [-0.05, 0) is 41.5 Å². The number of rotatable bonds is 6. The molecule has 0 bridgehead atoms. The molecule has 1 aliphatic heterocycles. The zero-order valence-electron chi connectivity index (χ0n) is 18.2. The van der Waals surface area contributed by atoms with Gasteiger partial charge in [0, 0.05) is 24.4 Å². The summed E-state index contributed by atoms with van der Waals surface area (Å²) in [6, 6.07) is 17.4. The van der Waals surface area contributed by atoms with Crippen molar-refractivity contribution in [2.45, 2.75) is 37.1 Å². The van der Waals surface area contributed by atoms with E-state index in [9.17, 15) is 18.7 Å². The fourth-order valence-corrected chi connectivity index (χ4v) is 4.61. The van der Waals surface area contributed by atoms with Crippen molar-refractivity contribution < 1.29 is 23.0 Å². The molecule has 1 fully saturated rings. The van der Waals surface area contributed by atoms with Gasteiger partial charge in [0.05, 0.1) is 30.4 Å². The summed E-state index contributed by atoms with van der Waals surface area (Å²) in [5.74, 6) is -1.49. The molecule has 1 saturated heterocycles. The van der Waals surface area contributed by atoms with Crippen molar-refractivity contribution in [3.63, 3.8) is 0 Å². The number of oxazole rings is 1. The molecule has 0 saturated carbocycles. The fraction of sp³-hybridized carbons (Fsp3) is 0.269. The zero-order chi connectivity index (χ0) is 23.7. The quantitative estimate of drug-likeness (QED) is 0.402. The van der Waals surface area contributed by atoms with Crippen LogP contribution in [0, 0.1) is 11.6 Å². The second kappa shape index (κ2) is 9.50. The van der Waals surface area contributed by atoms with Gasteiger partial charge in [0.15, 0.2) is 5.58 Å². The third-order valence-electron chi connectivity index (χ3n) is 6.34. The fourth-order valence-electron chi connectivity index (χ4n) is 4.61. The lowest BCUT2D eigenvalue weighted by molar-refractivity contribution is -0.0718. The molecule has 5 rings (SSSR count). The van der Waals surface area contributed by atoms with E-state index < -0.39 is 11.9 Å². The van der Waals surface area contributed by atoms with Gasteiger partial charge in [-0.1, -0.05) is 36.4 Å². The van der Waals surface area contributed by atoms with Gasteiger partial charge in [0.25, 0.3) is 0 Å². The summed E-state index contributed by atoms with van der Waals surface area (Å²) in [5.41, 5.74) is 3.54. The second-order valence-corrected chi connectivity index (χ2v) is 8.55. The maximum Gasteiger partial charge on any atom is 0.417 e. The summed E-state index contributed by atoms with van der Waals surface area (Å²) in [4.78, 5) is 14.2. The minimum atomic E-state index is -0.709. The summed E-state index contributed by atoms with van der Waals surface area (Å²) in [5, 5.41) is 14.2. The Morgan fingerprint density at radius 2 is 1.65 bits per heavy atom. The number of nitrogens with one attached hydrogen (secondary N) is 2. The highest BCUT2D eigenvalue weighted by Crippen LogP contribution is 2.35. The molecule has 0 amide bonds. The van der Waals surface area contributed by atoms with Crippen LogP contribution >= 0.6 is 0 Å². The van der Waals surface area contributed by atoms with Crippen LogP contribution < -0.4 is 11.1 Å². The molecular weight excluding hydrogens is 442 g/mol. The maximum absolute atomic E-state index is 13.5. The topological polar surface area (TPSA) is 87.5 Å². The van der Waals surface area contributed by atoms with Crippen molar-refractivity contribution >= 4 is 11.1 Å². The molecule has 3 atom stereocenters. The van der Waals surface area contributed by atoms with Gasteiger partial charge >= 0.3 is 5.76 Å². The van der Waals surface area contributed by atoms with Crippen molar-refractivity contribution in [2.24, 2.45) is 0 Å². The van der Waals surface area contributed by atoms with Gasteiger partial charge in [-0.2, -0.15) is 0 Å². The van der Waals surface area contributed by atoms with E-state index in [0.717, 1.165) is 16.7 Å². The Labute approximate surface area is 194 Å². The van der Waals surface area contributed by atoms with Crippen LogP contribution in [-0.2, 0) is 11.3 Å². The molecule has 1 aliphatic rings. The number of hydrogen-bond donors (Lipinski definition) is 3. The van der Waals surface area contributed by atoms with E-state index in [-0.39, 0.29) is 36.3 Å². The van der Waals surface area contributed by atoms with Crippen LogP contribution in [0.3, 0.4) is 0 Å². The smallest absolute Gasteiger partial charge is 0.408 e. The Kier molecular flexibility index (Phi) is 6.28. The van der Waals surface area contributed by atoms with Crippen molar-refractivity contribution in [2.75, 3.05) is 6.61 Å². The molecule has 1 aromatic heterocycles. The van der Waals surface area contributed by atoms with Crippen molar-refractivity contribution in [3.8, 4) is 0 Å². The molecule has 2 heterocycles. The molecule has 8 heteroatoms. The van der Waals surface area contributed by atoms with Gasteiger partial charge in [0.1, 0.15) is 11.6 Å². The summed E-state index contributed by atoms with van der Waals surface area (Å²) in [7, 11) is 0. The normalized spacial score (nSPS) is 20.8. The first-order valence-electron chi connectivity index (χ1n) is 11.1. The van der Waals surface area contributed by atoms with E-state index in [1.54, 1.807) is 30.3 Å². The molecular formula is C26H24F2N2O4. The number of hydrogen-bond acceptors (Lipinski definition) is 5. The summed E-state index contributed by atoms with van der Waals surface area (Å²) in [6.45, 7) is 0.630. The molecule has 3 N–H and O–H groups in total. The van der Waals surface area contributed by atoms with Gasteiger partial charge in [-0.3, -0.25) is 4.98 Å². The highest BCUT2D eigenvalue weighted by atomic mass is 19.1. The van der Waals surface area contributed by atoms with Crippen molar-refractivity contribution in [1.29, 1.82) is 0 Å². The number of H-pyrrole nitrogens is 1. The van der Waals surface area contributed by atoms with Gasteiger partial charge in [0.2, 0.25) is 0 Å². The third-order valence-corrected chi connectivity index (χ3v) is 6.34. The first kappa shape index (κ1) is 22.5. The number of fused-ring (bicyclic) bond motifs is 1. The largest absolute Gasteiger partial charge is 0.417 e. The van der Waals surface area contributed by atoms with Crippen LogP contribution in [0.25, 0.3) is 11.1 Å². The first-order valence-corrected chi connectivity index (χ1v) is 11.1. The summed E-state index contributed by atoms with van der Waals surface area (Å²) in [6.07, 6.45) is -0.754. The molecule has 4 aromatic rings. The molecule has 6 nitrogen and oxygen atoms in total. The number of aliphatic hydroxyl groups excluding tert-OH is 1. The minimum absolute atomic E-state index is 0.248. The van der Waals surface area contributed by atoms with Crippen molar-refractivity contribution in [1.82, 2.24) is 10.3 Å². The average molecular weight is 466 g/mol. The number of para-hydroxylation sites is 1. The Morgan fingerprint density at radius 1 is 1.00 bits per heavy atom. The van der Waals surface area contributed by atoms with E-state index in [4.69, 9.17) is 9.15 Å². The second-order valence-electron chi connectivity index (χ2n) is 8.55. The Hall–Kier alpha value is -3.33. The summed E-state index contributed by atoms with van der Waals surface area (Å²) >= 11 is 0. The molecule has 0 aliphatic carbocycles. The SMILES string of the molecule is O=c1[nH]c2cccc(CNC3COC(C(c4ccc(F)cc4)c4ccc(F)cc4)CC3O)c2o1. The molecule has 0 radical (unpaired) electrons. The molecule has 176 valence electrons. The molecule has 0 spiro atoms. The lowest BCUT2D eigenvalue weighted by Crippen LogP contribution is -2.50. The highest BCUT2D eigenvalue weighted by molar-refractivity contribution is 5.75. The van der Waals surface area contributed by atoms with Gasteiger partial charge in [-0.15, -0.1) is 0 Å². The number of aromatic amines is 1. The van der Waals surface area contributed by atoms with Crippen LogP contribution in [0.1, 0.15) is 29.0 Å². The van der Waals surface area contributed by atoms with E-state index in [0.29, 0.717) is 24.1 Å². The lowest BCUT2D eigenvalue weighted by atomic mass is 9.82. The first-order chi connectivity index (χ1) is 16.5. The van der Waals surface area contributed by atoms with Crippen molar-refractivity contribution in [3.05, 3.63) is 106 Å². The molecule has 34 heavy (non-hydrogen) atoms. The Balaban J connectivity index is 1.32. The number of halogens is 2. The van der Waals surface area contributed by atoms with E-state index in [2.05, 4.69) is 10.3 Å². The predicted molar refractivity (Wildman–Crippen MR) is 122 cm³/mol. The van der Waals surface area contributed by atoms with Gasteiger partial charge < -0.3 is 19.6 Å². The van der Waals surface area contributed by atoms with Crippen LogP contribution in [0.5, 0.6) is 0 Å². The van der Waals surface area contributed by atoms with E-state index in [1.165, 1.54) is 24.3 Å².